The molecule has 0 radical (unpaired) electrons. The quantitative estimate of drug-likeness (QED) is 0.836. The van der Waals surface area contributed by atoms with E-state index in [9.17, 15) is 4.79 Å². The molecule has 4 rings (SSSR count). The van der Waals surface area contributed by atoms with E-state index >= 15 is 0 Å². The van der Waals surface area contributed by atoms with E-state index < -0.39 is 0 Å². The Balaban J connectivity index is 1.55. The normalized spacial score (nSPS) is 23.2. The lowest BCUT2D eigenvalue weighted by atomic mass is 9.84. The van der Waals surface area contributed by atoms with Crippen LogP contribution in [0.15, 0.2) is 24.7 Å². The van der Waals surface area contributed by atoms with E-state index in [0.717, 1.165) is 38.1 Å². The number of carbonyl (C=O) groups excluding carboxylic acids is 1. The van der Waals surface area contributed by atoms with Gasteiger partial charge in [0.2, 0.25) is 11.7 Å². The second-order valence-corrected chi connectivity index (χ2v) is 5.86. The van der Waals surface area contributed by atoms with Crippen molar-refractivity contribution in [1.82, 2.24) is 19.3 Å². The number of imidazole rings is 1. The maximum atomic E-state index is 12.3. The average molecular weight is 270 g/mol. The van der Waals surface area contributed by atoms with Gasteiger partial charge in [0.1, 0.15) is 0 Å². The summed E-state index contributed by atoms with van der Waals surface area (Å²) in [6.07, 6.45) is 9.96. The maximum Gasteiger partial charge on any atom is 0.233 e. The largest absolute Gasteiger partial charge is 0.342 e. The van der Waals surface area contributed by atoms with E-state index in [1.165, 1.54) is 12.1 Å². The molecule has 5 heteroatoms. The molecule has 0 spiro atoms. The van der Waals surface area contributed by atoms with Crippen LogP contribution in [0.5, 0.6) is 0 Å². The number of hydrogen-bond donors (Lipinski definition) is 0. The third-order valence-electron chi connectivity index (χ3n) is 4.71. The van der Waals surface area contributed by atoms with Gasteiger partial charge in [-0.2, -0.15) is 0 Å². The molecule has 2 aromatic rings. The summed E-state index contributed by atoms with van der Waals surface area (Å²) in [5, 5.41) is 0. The molecule has 1 atom stereocenters. The second-order valence-electron chi connectivity index (χ2n) is 5.86. The van der Waals surface area contributed by atoms with Gasteiger partial charge in [-0.15, -0.1) is 0 Å². The summed E-state index contributed by atoms with van der Waals surface area (Å²) >= 11 is 0. The summed E-state index contributed by atoms with van der Waals surface area (Å²) in [7, 11) is 0. The van der Waals surface area contributed by atoms with Crippen LogP contribution in [0.4, 0.5) is 0 Å². The number of rotatable bonds is 2. The van der Waals surface area contributed by atoms with Crippen molar-refractivity contribution in [2.45, 2.75) is 31.6 Å². The minimum Gasteiger partial charge on any atom is -0.342 e. The standard InChI is InChI=1S/C15H18N4O/c20-14(11-2-1-3-11)18-8-5-12(10-18)13-4-6-16-15-17-7-9-19(13)15/h4,6-7,9,11-12H,1-3,5,8,10H2/t12-/m1/s1. The second kappa shape index (κ2) is 4.58. The number of aromatic nitrogens is 3. The first-order chi connectivity index (χ1) is 9.83. The number of hydrogen-bond acceptors (Lipinski definition) is 3. The van der Waals surface area contributed by atoms with Crippen molar-refractivity contribution in [1.29, 1.82) is 0 Å². The molecule has 1 aliphatic carbocycles. The van der Waals surface area contributed by atoms with E-state index in [1.807, 2.05) is 16.8 Å². The molecule has 20 heavy (non-hydrogen) atoms. The van der Waals surface area contributed by atoms with Gasteiger partial charge in [0, 0.05) is 49.2 Å². The Kier molecular flexibility index (Phi) is 2.72. The van der Waals surface area contributed by atoms with Crippen LogP contribution in [0.1, 0.15) is 37.3 Å². The van der Waals surface area contributed by atoms with Crippen molar-refractivity contribution >= 4 is 11.7 Å². The van der Waals surface area contributed by atoms with Gasteiger partial charge in [0.15, 0.2) is 0 Å². The number of carbonyl (C=O) groups is 1. The van der Waals surface area contributed by atoms with Crippen LogP contribution in [0, 0.1) is 5.92 Å². The molecule has 1 saturated carbocycles. The van der Waals surface area contributed by atoms with Crippen LogP contribution < -0.4 is 0 Å². The molecule has 0 bridgehead atoms. The first kappa shape index (κ1) is 11.9. The molecule has 0 unspecified atom stereocenters. The lowest BCUT2D eigenvalue weighted by molar-refractivity contribution is -0.137. The summed E-state index contributed by atoms with van der Waals surface area (Å²) in [5.41, 5.74) is 1.22. The van der Waals surface area contributed by atoms with Crippen molar-refractivity contribution in [3.63, 3.8) is 0 Å². The third kappa shape index (κ3) is 1.80. The van der Waals surface area contributed by atoms with E-state index in [-0.39, 0.29) is 0 Å². The highest BCUT2D eigenvalue weighted by molar-refractivity contribution is 5.80. The fourth-order valence-electron chi connectivity index (χ4n) is 3.30. The van der Waals surface area contributed by atoms with Crippen molar-refractivity contribution in [2.24, 2.45) is 5.92 Å². The lowest BCUT2D eigenvalue weighted by Crippen LogP contribution is -2.37. The molecule has 2 aliphatic rings. The number of likely N-dealkylation sites (tertiary alicyclic amines) is 1. The molecule has 1 aliphatic heterocycles. The molecule has 0 N–H and O–H groups in total. The minimum absolute atomic E-state index is 0.305. The van der Waals surface area contributed by atoms with Crippen LogP contribution in [-0.2, 0) is 4.79 Å². The number of amides is 1. The summed E-state index contributed by atoms with van der Waals surface area (Å²) in [6.45, 7) is 1.73. The SMILES string of the molecule is O=C(C1CCC1)N1CC[C@@H](c2ccnc3nccn23)C1. The van der Waals surface area contributed by atoms with Crippen molar-refractivity contribution in [3.8, 4) is 0 Å². The zero-order valence-corrected chi connectivity index (χ0v) is 11.4. The van der Waals surface area contributed by atoms with Gasteiger partial charge in [-0.25, -0.2) is 9.97 Å². The van der Waals surface area contributed by atoms with Crippen LogP contribution in [0.25, 0.3) is 5.78 Å². The molecule has 1 amide bonds. The first-order valence-corrected chi connectivity index (χ1v) is 7.39. The fraction of sp³-hybridized carbons (Fsp3) is 0.533. The molecular formula is C15H18N4O. The number of fused-ring (bicyclic) bond motifs is 1. The topological polar surface area (TPSA) is 50.5 Å². The molecule has 2 fully saturated rings. The van der Waals surface area contributed by atoms with Crippen LogP contribution in [0.3, 0.4) is 0 Å². The summed E-state index contributed by atoms with van der Waals surface area (Å²) in [6, 6.07) is 2.05. The van der Waals surface area contributed by atoms with E-state index in [1.54, 1.807) is 6.20 Å². The highest BCUT2D eigenvalue weighted by Gasteiger charge is 2.34. The Hall–Kier alpha value is -1.91. The Morgan fingerprint density at radius 3 is 2.85 bits per heavy atom. The van der Waals surface area contributed by atoms with Gasteiger partial charge in [-0.1, -0.05) is 6.42 Å². The predicted octanol–water partition coefficient (Wildman–Crippen LogP) is 1.85. The van der Waals surface area contributed by atoms with Gasteiger partial charge in [0.25, 0.3) is 0 Å². The Bertz CT molecular complexity index is 646. The molecule has 104 valence electrons. The summed E-state index contributed by atoms with van der Waals surface area (Å²) < 4.78 is 2.04. The molecule has 5 nitrogen and oxygen atoms in total. The van der Waals surface area contributed by atoms with Crippen molar-refractivity contribution in [3.05, 3.63) is 30.4 Å². The molecule has 1 saturated heterocycles. The lowest BCUT2D eigenvalue weighted by Gasteiger charge is -2.29. The average Bonchev–Trinajstić information content (AvgIpc) is 3.05. The fourth-order valence-corrected chi connectivity index (χ4v) is 3.30. The van der Waals surface area contributed by atoms with Crippen molar-refractivity contribution < 1.29 is 4.79 Å². The first-order valence-electron chi connectivity index (χ1n) is 7.39. The summed E-state index contributed by atoms with van der Waals surface area (Å²) in [4.78, 5) is 22.8. The van der Waals surface area contributed by atoms with Gasteiger partial charge in [0.05, 0.1) is 0 Å². The number of nitrogens with zero attached hydrogens (tertiary/aromatic N) is 4. The molecule has 3 heterocycles. The smallest absolute Gasteiger partial charge is 0.233 e. The van der Waals surface area contributed by atoms with Gasteiger partial charge < -0.3 is 4.90 Å². The van der Waals surface area contributed by atoms with Gasteiger partial charge in [-0.3, -0.25) is 9.20 Å². The highest BCUT2D eigenvalue weighted by atomic mass is 16.2. The Morgan fingerprint density at radius 2 is 2.05 bits per heavy atom. The van der Waals surface area contributed by atoms with Gasteiger partial charge in [-0.05, 0) is 25.3 Å². The van der Waals surface area contributed by atoms with E-state index in [2.05, 4.69) is 20.9 Å². The minimum atomic E-state index is 0.305. The molecule has 2 aromatic heterocycles. The van der Waals surface area contributed by atoms with Gasteiger partial charge >= 0.3 is 0 Å². The molecular weight excluding hydrogens is 252 g/mol. The molecule has 0 aromatic carbocycles. The zero-order chi connectivity index (χ0) is 13.5. The maximum absolute atomic E-state index is 12.3. The summed E-state index contributed by atoms with van der Waals surface area (Å²) in [5.74, 6) is 1.82. The monoisotopic (exact) mass is 270 g/mol. The van der Waals surface area contributed by atoms with Crippen LogP contribution >= 0.6 is 0 Å². The van der Waals surface area contributed by atoms with E-state index in [4.69, 9.17) is 0 Å². The van der Waals surface area contributed by atoms with Crippen LogP contribution in [0.2, 0.25) is 0 Å². The predicted molar refractivity (Wildman–Crippen MR) is 74.3 cm³/mol. The Labute approximate surface area is 117 Å². The highest BCUT2D eigenvalue weighted by Crippen LogP contribution is 2.33. The zero-order valence-electron chi connectivity index (χ0n) is 11.4. The van der Waals surface area contributed by atoms with Crippen molar-refractivity contribution in [2.75, 3.05) is 13.1 Å². The van der Waals surface area contributed by atoms with E-state index in [0.29, 0.717) is 17.7 Å². The van der Waals surface area contributed by atoms with Crippen LogP contribution in [-0.4, -0.2) is 38.3 Å². The Morgan fingerprint density at radius 1 is 1.20 bits per heavy atom. The third-order valence-corrected chi connectivity index (χ3v) is 4.71.